The summed E-state index contributed by atoms with van der Waals surface area (Å²) in [6.07, 6.45) is 2.41. The van der Waals surface area contributed by atoms with Gasteiger partial charge < -0.3 is 14.6 Å². The summed E-state index contributed by atoms with van der Waals surface area (Å²) in [5, 5.41) is 3.25. The van der Waals surface area contributed by atoms with Crippen LogP contribution in [0.2, 0.25) is 0 Å². The van der Waals surface area contributed by atoms with Crippen LogP contribution in [-0.4, -0.2) is 42.0 Å². The predicted octanol–water partition coefficient (Wildman–Crippen LogP) is 2.20. The summed E-state index contributed by atoms with van der Waals surface area (Å²) < 4.78 is 5.41. The SMILES string of the molecule is CN(C(=O)c1coc(-c2ccccc2)n1)C1CCNC1.Cl. The summed E-state index contributed by atoms with van der Waals surface area (Å²) in [4.78, 5) is 18.4. The van der Waals surface area contributed by atoms with Crippen molar-refractivity contribution in [3.8, 4) is 11.5 Å². The van der Waals surface area contributed by atoms with Crippen LogP contribution in [0.25, 0.3) is 11.5 Å². The number of halogens is 1. The van der Waals surface area contributed by atoms with E-state index in [4.69, 9.17) is 4.42 Å². The van der Waals surface area contributed by atoms with Crippen LogP contribution in [0.3, 0.4) is 0 Å². The van der Waals surface area contributed by atoms with Gasteiger partial charge >= 0.3 is 0 Å². The van der Waals surface area contributed by atoms with E-state index in [1.54, 1.807) is 4.90 Å². The molecule has 1 atom stereocenters. The fourth-order valence-corrected chi connectivity index (χ4v) is 2.40. The van der Waals surface area contributed by atoms with Gasteiger partial charge in [0.15, 0.2) is 5.69 Å². The normalized spacial score (nSPS) is 17.3. The predicted molar refractivity (Wildman–Crippen MR) is 82.6 cm³/mol. The first kappa shape index (κ1) is 15.5. The molecule has 1 N–H and O–H groups in total. The van der Waals surface area contributed by atoms with Crippen LogP contribution in [0.5, 0.6) is 0 Å². The topological polar surface area (TPSA) is 58.4 Å². The van der Waals surface area contributed by atoms with Crippen molar-refractivity contribution in [2.45, 2.75) is 12.5 Å². The first-order chi connectivity index (χ1) is 9.75. The Hall–Kier alpha value is -1.85. The molecule has 1 saturated heterocycles. The molecule has 1 aromatic carbocycles. The standard InChI is InChI=1S/C15H17N3O2.ClH/c1-18(12-7-8-16-9-12)15(19)13-10-20-14(17-13)11-5-3-2-4-6-11;/h2-6,10,12,16H,7-9H2,1H3;1H. The van der Waals surface area contributed by atoms with E-state index in [1.807, 2.05) is 37.4 Å². The summed E-state index contributed by atoms with van der Waals surface area (Å²) in [5.41, 5.74) is 1.23. The molecule has 0 saturated carbocycles. The van der Waals surface area contributed by atoms with Gasteiger partial charge in [0, 0.05) is 25.2 Å². The highest BCUT2D eigenvalue weighted by Gasteiger charge is 2.26. The molecule has 3 rings (SSSR count). The number of carbonyl (C=O) groups is 1. The number of benzene rings is 1. The highest BCUT2D eigenvalue weighted by atomic mass is 35.5. The van der Waals surface area contributed by atoms with Crippen LogP contribution in [0.1, 0.15) is 16.9 Å². The molecule has 6 heteroatoms. The van der Waals surface area contributed by atoms with Crippen LogP contribution >= 0.6 is 12.4 Å². The number of aromatic nitrogens is 1. The smallest absolute Gasteiger partial charge is 0.275 e. The lowest BCUT2D eigenvalue weighted by Crippen LogP contribution is -2.38. The zero-order valence-electron chi connectivity index (χ0n) is 11.8. The molecular formula is C15H18ClN3O2. The number of nitrogens with one attached hydrogen (secondary N) is 1. The summed E-state index contributed by atoms with van der Waals surface area (Å²) in [7, 11) is 1.82. The van der Waals surface area contributed by atoms with Gasteiger partial charge in [-0.05, 0) is 25.1 Å². The molecule has 0 bridgehead atoms. The molecule has 1 amide bonds. The van der Waals surface area contributed by atoms with E-state index in [0.29, 0.717) is 11.6 Å². The molecule has 1 aromatic heterocycles. The maximum Gasteiger partial charge on any atom is 0.275 e. The minimum Gasteiger partial charge on any atom is -0.444 e. The van der Waals surface area contributed by atoms with E-state index < -0.39 is 0 Å². The molecule has 1 fully saturated rings. The number of likely N-dealkylation sites (N-methyl/N-ethyl adjacent to an activating group) is 1. The highest BCUT2D eigenvalue weighted by molar-refractivity contribution is 5.92. The molecular weight excluding hydrogens is 290 g/mol. The summed E-state index contributed by atoms with van der Waals surface area (Å²) >= 11 is 0. The van der Waals surface area contributed by atoms with E-state index >= 15 is 0 Å². The van der Waals surface area contributed by atoms with Gasteiger partial charge in [0.25, 0.3) is 5.91 Å². The Morgan fingerprint density at radius 2 is 2.14 bits per heavy atom. The molecule has 2 heterocycles. The second-order valence-corrected chi connectivity index (χ2v) is 4.97. The van der Waals surface area contributed by atoms with Crippen molar-refractivity contribution in [1.82, 2.24) is 15.2 Å². The molecule has 1 aliphatic heterocycles. The number of amides is 1. The average molecular weight is 308 g/mol. The number of oxazole rings is 1. The van der Waals surface area contributed by atoms with Crippen LogP contribution in [0.4, 0.5) is 0 Å². The molecule has 112 valence electrons. The maximum absolute atomic E-state index is 12.4. The Morgan fingerprint density at radius 3 is 2.81 bits per heavy atom. The van der Waals surface area contributed by atoms with Gasteiger partial charge in [-0.3, -0.25) is 4.79 Å². The second-order valence-electron chi connectivity index (χ2n) is 4.97. The zero-order valence-corrected chi connectivity index (χ0v) is 12.6. The zero-order chi connectivity index (χ0) is 13.9. The number of hydrogen-bond donors (Lipinski definition) is 1. The molecule has 21 heavy (non-hydrogen) atoms. The Kier molecular flexibility index (Phi) is 4.98. The van der Waals surface area contributed by atoms with Crippen LogP contribution < -0.4 is 5.32 Å². The lowest BCUT2D eigenvalue weighted by molar-refractivity contribution is 0.0738. The van der Waals surface area contributed by atoms with Gasteiger partial charge in [-0.15, -0.1) is 12.4 Å². The first-order valence-electron chi connectivity index (χ1n) is 6.74. The third kappa shape index (κ3) is 3.25. The third-order valence-corrected chi connectivity index (χ3v) is 3.65. The van der Waals surface area contributed by atoms with Crippen molar-refractivity contribution in [2.24, 2.45) is 0 Å². The van der Waals surface area contributed by atoms with Crippen molar-refractivity contribution < 1.29 is 9.21 Å². The Balaban J connectivity index is 0.00000161. The molecule has 1 aliphatic rings. The number of carbonyl (C=O) groups excluding carboxylic acids is 1. The summed E-state index contributed by atoms with van der Waals surface area (Å²) in [5.74, 6) is 0.386. The molecule has 5 nitrogen and oxygen atoms in total. The van der Waals surface area contributed by atoms with E-state index in [1.165, 1.54) is 6.26 Å². The average Bonchev–Trinajstić information content (AvgIpc) is 3.18. The molecule has 0 radical (unpaired) electrons. The van der Waals surface area contributed by atoms with Gasteiger partial charge in [0.1, 0.15) is 6.26 Å². The molecule has 0 aliphatic carbocycles. The van der Waals surface area contributed by atoms with E-state index in [0.717, 1.165) is 25.1 Å². The van der Waals surface area contributed by atoms with E-state index in [2.05, 4.69) is 10.3 Å². The van der Waals surface area contributed by atoms with Crippen LogP contribution in [-0.2, 0) is 0 Å². The van der Waals surface area contributed by atoms with Gasteiger partial charge in [0.2, 0.25) is 5.89 Å². The lowest BCUT2D eigenvalue weighted by atomic mass is 10.2. The van der Waals surface area contributed by atoms with E-state index in [9.17, 15) is 4.79 Å². The monoisotopic (exact) mass is 307 g/mol. The van der Waals surface area contributed by atoms with Gasteiger partial charge in [-0.2, -0.15) is 0 Å². The summed E-state index contributed by atoms with van der Waals surface area (Å²) in [6, 6.07) is 9.81. The lowest BCUT2D eigenvalue weighted by Gasteiger charge is -2.22. The third-order valence-electron chi connectivity index (χ3n) is 3.65. The number of rotatable bonds is 3. The molecule has 1 unspecified atom stereocenters. The Labute approximate surface area is 129 Å². The van der Waals surface area contributed by atoms with Gasteiger partial charge in [-0.25, -0.2) is 4.98 Å². The number of hydrogen-bond acceptors (Lipinski definition) is 4. The van der Waals surface area contributed by atoms with Crippen molar-refractivity contribution in [2.75, 3.05) is 20.1 Å². The Morgan fingerprint density at radius 1 is 1.38 bits per heavy atom. The second kappa shape index (κ2) is 6.74. The highest BCUT2D eigenvalue weighted by Crippen LogP contribution is 2.19. The van der Waals surface area contributed by atoms with Crippen molar-refractivity contribution in [3.05, 3.63) is 42.3 Å². The van der Waals surface area contributed by atoms with Crippen molar-refractivity contribution in [1.29, 1.82) is 0 Å². The van der Waals surface area contributed by atoms with Crippen LogP contribution in [0.15, 0.2) is 41.0 Å². The van der Waals surface area contributed by atoms with E-state index in [-0.39, 0.29) is 24.4 Å². The quantitative estimate of drug-likeness (QED) is 0.944. The maximum atomic E-state index is 12.4. The molecule has 0 spiro atoms. The van der Waals surface area contributed by atoms with Gasteiger partial charge in [0.05, 0.1) is 0 Å². The first-order valence-corrected chi connectivity index (χ1v) is 6.74. The minimum absolute atomic E-state index is 0. The van der Waals surface area contributed by atoms with Crippen molar-refractivity contribution >= 4 is 18.3 Å². The van der Waals surface area contributed by atoms with Gasteiger partial charge in [-0.1, -0.05) is 18.2 Å². The van der Waals surface area contributed by atoms with Crippen molar-refractivity contribution in [3.63, 3.8) is 0 Å². The fraction of sp³-hybridized carbons (Fsp3) is 0.333. The number of nitrogens with zero attached hydrogens (tertiary/aromatic N) is 2. The van der Waals surface area contributed by atoms with Crippen LogP contribution in [0, 0.1) is 0 Å². The summed E-state index contributed by atoms with van der Waals surface area (Å²) in [6.45, 7) is 1.79. The molecule has 2 aromatic rings. The largest absolute Gasteiger partial charge is 0.444 e. The fourth-order valence-electron chi connectivity index (χ4n) is 2.40. The minimum atomic E-state index is -0.0929. The Bertz CT molecular complexity index is 594.